The summed E-state index contributed by atoms with van der Waals surface area (Å²) in [7, 11) is 1.89. The minimum Gasteiger partial charge on any atom is -0.360 e. The molecule has 1 aromatic rings. The van der Waals surface area contributed by atoms with E-state index in [1.165, 1.54) is 5.56 Å². The maximum Gasteiger partial charge on any atom is 0.251 e. The second-order valence-corrected chi connectivity index (χ2v) is 6.40. The number of nitrogens with zero attached hydrogens (tertiary/aromatic N) is 2. The zero-order valence-electron chi connectivity index (χ0n) is 12.9. The van der Waals surface area contributed by atoms with E-state index >= 15 is 0 Å². The van der Waals surface area contributed by atoms with Gasteiger partial charge in [0, 0.05) is 33.2 Å². The predicted molar refractivity (Wildman–Crippen MR) is 81.9 cm³/mol. The highest BCUT2D eigenvalue weighted by molar-refractivity contribution is 5.81. The lowest BCUT2D eigenvalue weighted by atomic mass is 9.88. The van der Waals surface area contributed by atoms with Crippen molar-refractivity contribution < 1.29 is 9.53 Å². The summed E-state index contributed by atoms with van der Waals surface area (Å²) in [5.41, 5.74) is 1.23. The van der Waals surface area contributed by atoms with E-state index in [-0.39, 0.29) is 17.6 Å². The van der Waals surface area contributed by atoms with Crippen LogP contribution < -0.4 is 0 Å². The van der Waals surface area contributed by atoms with Crippen LogP contribution in [-0.2, 0) is 16.1 Å². The Balaban J connectivity index is 1.59. The van der Waals surface area contributed by atoms with Gasteiger partial charge in [0.25, 0.3) is 5.91 Å². The number of morpholine rings is 1. The van der Waals surface area contributed by atoms with E-state index in [9.17, 15) is 4.79 Å². The minimum atomic E-state index is -0.301. The molecule has 1 aromatic carbocycles. The van der Waals surface area contributed by atoms with Crippen molar-refractivity contribution in [2.24, 2.45) is 0 Å². The van der Waals surface area contributed by atoms with Gasteiger partial charge in [0.15, 0.2) is 0 Å². The molecule has 2 aliphatic rings. The van der Waals surface area contributed by atoms with E-state index in [1.807, 2.05) is 18.9 Å². The van der Waals surface area contributed by atoms with Gasteiger partial charge in [0.05, 0.1) is 5.60 Å². The molecule has 3 rings (SSSR count). The van der Waals surface area contributed by atoms with Gasteiger partial charge in [-0.2, -0.15) is 0 Å². The summed E-state index contributed by atoms with van der Waals surface area (Å²) in [6.07, 6.45) is 1.70. The Morgan fingerprint density at radius 2 is 1.90 bits per heavy atom. The summed E-state index contributed by atoms with van der Waals surface area (Å²) in [4.78, 5) is 16.2. The molecule has 0 aromatic heterocycles. The molecule has 1 amide bonds. The predicted octanol–water partition coefficient (Wildman–Crippen LogP) is 1.90. The van der Waals surface area contributed by atoms with E-state index in [4.69, 9.17) is 4.74 Å². The first-order chi connectivity index (χ1) is 10.1. The second-order valence-electron chi connectivity index (χ2n) is 6.40. The van der Waals surface area contributed by atoms with E-state index in [0.717, 1.165) is 39.0 Å². The van der Waals surface area contributed by atoms with Crippen LogP contribution in [0.3, 0.4) is 0 Å². The number of ether oxygens (including phenoxy) is 1. The number of benzene rings is 1. The van der Waals surface area contributed by atoms with Crippen LogP contribution in [0.1, 0.15) is 25.3 Å². The van der Waals surface area contributed by atoms with E-state index in [0.29, 0.717) is 0 Å². The first-order valence-corrected chi connectivity index (χ1v) is 7.77. The average molecular weight is 288 g/mol. The van der Waals surface area contributed by atoms with Crippen LogP contribution in [0.2, 0.25) is 0 Å². The van der Waals surface area contributed by atoms with Crippen LogP contribution in [0.15, 0.2) is 30.3 Å². The third kappa shape index (κ3) is 3.11. The number of hydrogen-bond acceptors (Lipinski definition) is 3. The van der Waals surface area contributed by atoms with Gasteiger partial charge >= 0.3 is 0 Å². The van der Waals surface area contributed by atoms with Crippen molar-refractivity contribution >= 4 is 5.91 Å². The zero-order chi connectivity index (χ0) is 14.9. The Hall–Kier alpha value is -1.39. The van der Waals surface area contributed by atoms with Crippen molar-refractivity contribution in [3.63, 3.8) is 0 Å². The average Bonchev–Trinajstić information content (AvgIpc) is 2.49. The fraction of sp³-hybridized carbons (Fsp3) is 0.588. The van der Waals surface area contributed by atoms with Crippen LogP contribution in [-0.4, -0.2) is 54.1 Å². The summed E-state index contributed by atoms with van der Waals surface area (Å²) >= 11 is 0. The van der Waals surface area contributed by atoms with Crippen LogP contribution in [0.5, 0.6) is 0 Å². The number of amides is 1. The maximum atomic E-state index is 11.8. The highest BCUT2D eigenvalue weighted by Gasteiger charge is 2.44. The fourth-order valence-electron chi connectivity index (χ4n) is 3.52. The normalized spacial score (nSPS) is 26.3. The van der Waals surface area contributed by atoms with Crippen LogP contribution in [0.25, 0.3) is 0 Å². The fourth-order valence-corrected chi connectivity index (χ4v) is 3.52. The number of rotatable bonds is 2. The SMILES string of the molecule is C[C@@H]1OC2(CCN(Cc3ccccc3)CC2)CN(C)C1=O. The van der Waals surface area contributed by atoms with Gasteiger partial charge in [0.2, 0.25) is 0 Å². The van der Waals surface area contributed by atoms with Gasteiger partial charge in [-0.05, 0) is 25.3 Å². The number of likely N-dealkylation sites (N-methyl/N-ethyl adjacent to an activating group) is 1. The van der Waals surface area contributed by atoms with Crippen molar-refractivity contribution in [3.05, 3.63) is 35.9 Å². The molecule has 1 atom stereocenters. The van der Waals surface area contributed by atoms with Crippen LogP contribution >= 0.6 is 0 Å². The molecular formula is C17H24N2O2. The molecule has 21 heavy (non-hydrogen) atoms. The van der Waals surface area contributed by atoms with Gasteiger partial charge in [-0.1, -0.05) is 30.3 Å². The van der Waals surface area contributed by atoms with Gasteiger partial charge < -0.3 is 9.64 Å². The lowest BCUT2D eigenvalue weighted by Crippen LogP contribution is -2.60. The topological polar surface area (TPSA) is 32.8 Å². The minimum absolute atomic E-state index is 0.104. The van der Waals surface area contributed by atoms with Gasteiger partial charge in [-0.15, -0.1) is 0 Å². The van der Waals surface area contributed by atoms with E-state index in [1.54, 1.807) is 0 Å². The van der Waals surface area contributed by atoms with Gasteiger partial charge in [-0.3, -0.25) is 9.69 Å². The standard InChI is InChI=1S/C17H24N2O2/c1-14-16(20)18(2)13-17(21-14)8-10-19(11-9-17)12-15-6-4-3-5-7-15/h3-7,14H,8-13H2,1-2H3/t14-/m0/s1. The van der Waals surface area contributed by atoms with Crippen LogP contribution in [0.4, 0.5) is 0 Å². The quantitative estimate of drug-likeness (QED) is 0.833. The molecule has 0 bridgehead atoms. The molecule has 114 valence electrons. The molecule has 2 heterocycles. The van der Waals surface area contributed by atoms with Gasteiger partial charge in [-0.25, -0.2) is 0 Å². The first kappa shape index (κ1) is 14.5. The number of hydrogen-bond donors (Lipinski definition) is 0. The molecule has 0 aliphatic carbocycles. The molecule has 2 fully saturated rings. The molecule has 1 spiro atoms. The van der Waals surface area contributed by atoms with Crippen molar-refractivity contribution in [1.29, 1.82) is 0 Å². The molecular weight excluding hydrogens is 264 g/mol. The van der Waals surface area contributed by atoms with Crippen molar-refractivity contribution in [2.45, 2.75) is 38.0 Å². The highest BCUT2D eigenvalue weighted by atomic mass is 16.5. The van der Waals surface area contributed by atoms with E-state index in [2.05, 4.69) is 35.2 Å². The third-order valence-corrected chi connectivity index (χ3v) is 4.69. The molecule has 4 heteroatoms. The Morgan fingerprint density at radius 3 is 2.52 bits per heavy atom. The summed E-state index contributed by atoms with van der Waals surface area (Å²) < 4.78 is 6.08. The Bertz CT molecular complexity index is 479. The lowest BCUT2D eigenvalue weighted by Gasteiger charge is -2.48. The van der Waals surface area contributed by atoms with Crippen molar-refractivity contribution in [3.8, 4) is 0 Å². The number of piperidine rings is 1. The molecule has 0 N–H and O–H groups in total. The summed E-state index contributed by atoms with van der Waals surface area (Å²) in [6.45, 7) is 5.67. The molecule has 0 radical (unpaired) electrons. The number of carbonyl (C=O) groups excluding carboxylic acids is 1. The highest BCUT2D eigenvalue weighted by Crippen LogP contribution is 2.32. The molecule has 4 nitrogen and oxygen atoms in total. The molecule has 2 saturated heterocycles. The largest absolute Gasteiger partial charge is 0.360 e. The van der Waals surface area contributed by atoms with Gasteiger partial charge in [0.1, 0.15) is 6.10 Å². The Labute approximate surface area is 126 Å². The Kier molecular flexibility index (Phi) is 4.00. The number of likely N-dealkylation sites (tertiary alicyclic amines) is 1. The summed E-state index contributed by atoms with van der Waals surface area (Å²) in [5, 5.41) is 0. The number of carbonyl (C=O) groups is 1. The smallest absolute Gasteiger partial charge is 0.251 e. The summed E-state index contributed by atoms with van der Waals surface area (Å²) in [6, 6.07) is 10.6. The second kappa shape index (κ2) is 5.78. The Morgan fingerprint density at radius 1 is 1.24 bits per heavy atom. The summed E-state index contributed by atoms with van der Waals surface area (Å²) in [5.74, 6) is 0.104. The van der Waals surface area contributed by atoms with Crippen molar-refractivity contribution in [2.75, 3.05) is 26.7 Å². The molecule has 2 aliphatic heterocycles. The molecule has 0 saturated carbocycles. The monoisotopic (exact) mass is 288 g/mol. The van der Waals surface area contributed by atoms with Crippen molar-refractivity contribution in [1.82, 2.24) is 9.80 Å². The lowest BCUT2D eigenvalue weighted by molar-refractivity contribution is -0.187. The first-order valence-electron chi connectivity index (χ1n) is 7.77. The third-order valence-electron chi connectivity index (χ3n) is 4.69. The van der Waals surface area contributed by atoms with Crippen LogP contribution in [0, 0.1) is 0 Å². The molecule has 0 unspecified atom stereocenters. The maximum absolute atomic E-state index is 11.8. The van der Waals surface area contributed by atoms with E-state index < -0.39 is 0 Å². The zero-order valence-corrected chi connectivity index (χ0v) is 12.9.